The third-order valence-electron chi connectivity index (χ3n) is 4.58. The summed E-state index contributed by atoms with van der Waals surface area (Å²) in [5, 5.41) is 2.82. The predicted octanol–water partition coefficient (Wildman–Crippen LogP) is 4.73. The van der Waals surface area contributed by atoms with E-state index in [9.17, 15) is 9.59 Å². The Bertz CT molecular complexity index is 1050. The normalized spacial score (nSPS) is 14.7. The quantitative estimate of drug-likeness (QED) is 0.617. The Morgan fingerprint density at radius 2 is 1.66 bits per heavy atom. The first-order valence-electron chi connectivity index (χ1n) is 9.15. The van der Waals surface area contributed by atoms with Gasteiger partial charge in [0.05, 0.1) is 19.1 Å². The van der Waals surface area contributed by atoms with Crippen molar-refractivity contribution in [3.8, 4) is 17.2 Å². The fraction of sp³-hybridized carbons (Fsp3) is 0.130. The lowest BCUT2D eigenvalue weighted by molar-refractivity contribution is -0.118. The van der Waals surface area contributed by atoms with Crippen molar-refractivity contribution in [3.05, 3.63) is 83.9 Å². The number of benzene rings is 3. The molecule has 0 aromatic heterocycles. The Morgan fingerprint density at radius 3 is 2.41 bits per heavy atom. The van der Waals surface area contributed by atoms with Crippen molar-refractivity contribution in [2.45, 2.75) is 12.5 Å². The number of carbonyl (C=O) groups is 2. The van der Waals surface area contributed by atoms with Gasteiger partial charge in [0.2, 0.25) is 5.91 Å². The first-order valence-corrected chi connectivity index (χ1v) is 9.15. The molecule has 4 rings (SSSR count). The molecule has 1 heterocycles. The van der Waals surface area contributed by atoms with E-state index in [1.54, 1.807) is 43.5 Å². The number of anilines is 1. The second-order valence-corrected chi connectivity index (χ2v) is 6.51. The number of hydrogen-bond donors (Lipinski definition) is 1. The standard InChI is InChI=1S/C23H19NO5/c1-27-19-8-4-5-9-20(19)28-16-12-10-15(11-13-16)24-22(25)14-21-17-6-2-3-7-18(17)23(26)29-21/h2-13,21H,14H2,1H3,(H,24,25). The third-order valence-corrected chi connectivity index (χ3v) is 4.58. The maximum atomic E-state index is 12.4. The summed E-state index contributed by atoms with van der Waals surface area (Å²) in [5.41, 5.74) is 1.89. The van der Waals surface area contributed by atoms with Crippen molar-refractivity contribution in [2.75, 3.05) is 12.4 Å². The van der Waals surface area contributed by atoms with Gasteiger partial charge in [-0.3, -0.25) is 4.79 Å². The molecule has 146 valence electrons. The molecule has 1 unspecified atom stereocenters. The average Bonchev–Trinajstić information content (AvgIpc) is 3.05. The monoisotopic (exact) mass is 389 g/mol. The highest BCUT2D eigenvalue weighted by atomic mass is 16.5. The van der Waals surface area contributed by atoms with Gasteiger partial charge >= 0.3 is 5.97 Å². The number of para-hydroxylation sites is 2. The van der Waals surface area contributed by atoms with Gasteiger partial charge in [0.15, 0.2) is 11.5 Å². The van der Waals surface area contributed by atoms with Crippen LogP contribution in [-0.2, 0) is 9.53 Å². The number of rotatable bonds is 6. The van der Waals surface area contributed by atoms with E-state index in [1.807, 2.05) is 36.4 Å². The van der Waals surface area contributed by atoms with Crippen LogP contribution in [0.2, 0.25) is 0 Å². The molecule has 0 fully saturated rings. The summed E-state index contributed by atoms with van der Waals surface area (Å²) in [4.78, 5) is 24.3. The van der Waals surface area contributed by atoms with Crippen molar-refractivity contribution >= 4 is 17.6 Å². The lowest BCUT2D eigenvalue weighted by atomic mass is 10.0. The molecule has 0 aliphatic carbocycles. The zero-order valence-corrected chi connectivity index (χ0v) is 15.8. The molecule has 1 N–H and O–H groups in total. The van der Waals surface area contributed by atoms with Gasteiger partial charge in [0.1, 0.15) is 11.9 Å². The van der Waals surface area contributed by atoms with Gasteiger partial charge in [-0.25, -0.2) is 4.79 Å². The van der Waals surface area contributed by atoms with E-state index in [1.165, 1.54) is 0 Å². The lowest BCUT2D eigenvalue weighted by Crippen LogP contribution is -2.15. The van der Waals surface area contributed by atoms with E-state index in [4.69, 9.17) is 14.2 Å². The smallest absolute Gasteiger partial charge is 0.339 e. The fourth-order valence-electron chi connectivity index (χ4n) is 3.19. The molecule has 0 saturated heterocycles. The number of hydrogen-bond acceptors (Lipinski definition) is 5. The van der Waals surface area contributed by atoms with Crippen LogP contribution < -0.4 is 14.8 Å². The molecule has 1 aliphatic heterocycles. The van der Waals surface area contributed by atoms with Crippen LogP contribution in [0.1, 0.15) is 28.4 Å². The molecule has 6 nitrogen and oxygen atoms in total. The van der Waals surface area contributed by atoms with Crippen LogP contribution in [0.3, 0.4) is 0 Å². The molecule has 0 saturated carbocycles. The first kappa shape index (κ1) is 18.6. The molecule has 6 heteroatoms. The van der Waals surface area contributed by atoms with Crippen molar-refractivity contribution in [3.63, 3.8) is 0 Å². The second-order valence-electron chi connectivity index (χ2n) is 6.51. The number of amides is 1. The highest BCUT2D eigenvalue weighted by Crippen LogP contribution is 2.33. The van der Waals surface area contributed by atoms with E-state index in [-0.39, 0.29) is 12.3 Å². The van der Waals surface area contributed by atoms with Crippen molar-refractivity contribution in [1.29, 1.82) is 0 Å². The molecule has 1 atom stereocenters. The molecule has 0 bridgehead atoms. The van der Waals surface area contributed by atoms with Crippen molar-refractivity contribution in [1.82, 2.24) is 0 Å². The summed E-state index contributed by atoms with van der Waals surface area (Å²) in [6.07, 6.45) is -0.505. The number of ether oxygens (including phenoxy) is 3. The van der Waals surface area contributed by atoms with E-state index < -0.39 is 12.1 Å². The maximum absolute atomic E-state index is 12.4. The summed E-state index contributed by atoms with van der Waals surface area (Å²) in [6, 6.07) is 21.5. The Labute approximate surface area is 168 Å². The number of methoxy groups -OCH3 is 1. The zero-order chi connectivity index (χ0) is 20.2. The van der Waals surface area contributed by atoms with Crippen LogP contribution in [0.25, 0.3) is 0 Å². The summed E-state index contributed by atoms with van der Waals surface area (Å²) >= 11 is 0. The number of carbonyl (C=O) groups excluding carboxylic acids is 2. The molecule has 3 aromatic carbocycles. The largest absolute Gasteiger partial charge is 0.493 e. The average molecular weight is 389 g/mol. The minimum Gasteiger partial charge on any atom is -0.493 e. The van der Waals surface area contributed by atoms with Crippen LogP contribution in [0.15, 0.2) is 72.8 Å². The van der Waals surface area contributed by atoms with Gasteiger partial charge in [0, 0.05) is 11.3 Å². The van der Waals surface area contributed by atoms with Gasteiger partial charge in [-0.2, -0.15) is 0 Å². The molecular formula is C23H19NO5. The summed E-state index contributed by atoms with van der Waals surface area (Å²) in [5.74, 6) is 1.23. The fourth-order valence-corrected chi connectivity index (χ4v) is 3.19. The minimum atomic E-state index is -0.563. The Morgan fingerprint density at radius 1 is 0.966 bits per heavy atom. The van der Waals surface area contributed by atoms with E-state index >= 15 is 0 Å². The van der Waals surface area contributed by atoms with Gasteiger partial charge < -0.3 is 19.5 Å². The summed E-state index contributed by atoms with van der Waals surface area (Å²) in [6.45, 7) is 0. The molecule has 29 heavy (non-hydrogen) atoms. The molecule has 1 aliphatic rings. The molecule has 1 amide bonds. The second kappa shape index (κ2) is 8.06. The Kier molecular flexibility index (Phi) is 5.16. The predicted molar refractivity (Wildman–Crippen MR) is 107 cm³/mol. The Balaban J connectivity index is 1.38. The first-order chi connectivity index (χ1) is 14.1. The molecule has 0 radical (unpaired) electrons. The number of nitrogens with one attached hydrogen (secondary N) is 1. The highest BCUT2D eigenvalue weighted by molar-refractivity contribution is 5.96. The van der Waals surface area contributed by atoms with Gasteiger partial charge in [-0.15, -0.1) is 0 Å². The molecule has 0 spiro atoms. The topological polar surface area (TPSA) is 73.9 Å². The van der Waals surface area contributed by atoms with Crippen LogP contribution in [0.4, 0.5) is 5.69 Å². The number of cyclic esters (lactones) is 1. The van der Waals surface area contributed by atoms with Crippen LogP contribution >= 0.6 is 0 Å². The molecular weight excluding hydrogens is 370 g/mol. The van der Waals surface area contributed by atoms with Gasteiger partial charge in [-0.1, -0.05) is 30.3 Å². The molecule has 3 aromatic rings. The highest BCUT2D eigenvalue weighted by Gasteiger charge is 2.32. The van der Waals surface area contributed by atoms with Crippen LogP contribution in [0.5, 0.6) is 17.2 Å². The number of esters is 1. The summed E-state index contributed by atoms with van der Waals surface area (Å²) in [7, 11) is 1.58. The van der Waals surface area contributed by atoms with Gasteiger partial charge in [-0.05, 0) is 42.5 Å². The SMILES string of the molecule is COc1ccccc1Oc1ccc(NC(=O)CC2OC(=O)c3ccccc32)cc1. The van der Waals surface area contributed by atoms with Gasteiger partial charge in [0.25, 0.3) is 0 Å². The maximum Gasteiger partial charge on any atom is 0.339 e. The van der Waals surface area contributed by atoms with Crippen LogP contribution in [-0.4, -0.2) is 19.0 Å². The van der Waals surface area contributed by atoms with E-state index in [0.29, 0.717) is 28.5 Å². The Hall–Kier alpha value is -3.80. The van der Waals surface area contributed by atoms with Crippen molar-refractivity contribution in [2.24, 2.45) is 0 Å². The summed E-state index contributed by atoms with van der Waals surface area (Å²) < 4.78 is 16.4. The number of fused-ring (bicyclic) bond motifs is 1. The van der Waals surface area contributed by atoms with Crippen molar-refractivity contribution < 1.29 is 23.8 Å². The van der Waals surface area contributed by atoms with E-state index in [0.717, 1.165) is 5.56 Å². The van der Waals surface area contributed by atoms with Crippen LogP contribution in [0, 0.1) is 0 Å². The minimum absolute atomic E-state index is 0.0578. The zero-order valence-electron chi connectivity index (χ0n) is 15.8. The third kappa shape index (κ3) is 4.06. The van der Waals surface area contributed by atoms with E-state index in [2.05, 4.69) is 5.32 Å². The lowest BCUT2D eigenvalue weighted by Gasteiger charge is -2.12.